The molecule has 5 rings (SSSR count). The number of amides is 1. The highest BCUT2D eigenvalue weighted by atomic mass is 16.5. The molecule has 0 spiro atoms. The fourth-order valence-corrected chi connectivity index (χ4v) is 4.14. The van der Waals surface area contributed by atoms with Crippen molar-refractivity contribution in [3.63, 3.8) is 0 Å². The predicted molar refractivity (Wildman–Crippen MR) is 109 cm³/mol. The van der Waals surface area contributed by atoms with E-state index in [1.165, 1.54) is 12.8 Å². The molecule has 154 valence electrons. The first-order valence-electron chi connectivity index (χ1n) is 10.8. The third-order valence-corrected chi connectivity index (χ3v) is 6.36. The number of carbonyl (C=O) groups excluding carboxylic acids is 1. The summed E-state index contributed by atoms with van der Waals surface area (Å²) in [4.78, 5) is 19.1. The van der Waals surface area contributed by atoms with E-state index in [2.05, 4.69) is 44.2 Å². The zero-order chi connectivity index (χ0) is 19.8. The monoisotopic (exact) mass is 396 g/mol. The van der Waals surface area contributed by atoms with Gasteiger partial charge in [0.1, 0.15) is 5.76 Å². The molecule has 0 unspecified atom stereocenters. The normalized spacial score (nSPS) is 20.9. The van der Waals surface area contributed by atoms with Crippen molar-refractivity contribution in [3.05, 3.63) is 29.7 Å². The van der Waals surface area contributed by atoms with Crippen molar-refractivity contribution in [1.29, 1.82) is 0 Å². The Kier molecular flexibility index (Phi) is 4.85. The van der Waals surface area contributed by atoms with Gasteiger partial charge in [0.25, 0.3) is 5.91 Å². The van der Waals surface area contributed by atoms with Crippen LogP contribution >= 0.6 is 0 Å². The molecule has 4 heterocycles. The topological polar surface area (TPSA) is 78.6 Å². The van der Waals surface area contributed by atoms with E-state index in [1.807, 2.05) is 11.0 Å². The van der Waals surface area contributed by atoms with Gasteiger partial charge in [0.05, 0.1) is 0 Å². The van der Waals surface area contributed by atoms with Crippen LogP contribution in [0.2, 0.25) is 0 Å². The van der Waals surface area contributed by atoms with Gasteiger partial charge in [0, 0.05) is 51.3 Å². The Morgan fingerprint density at radius 3 is 2.14 bits per heavy atom. The van der Waals surface area contributed by atoms with Crippen molar-refractivity contribution in [2.75, 3.05) is 49.1 Å². The van der Waals surface area contributed by atoms with Crippen LogP contribution in [0, 0.1) is 5.92 Å². The molecule has 2 aliphatic heterocycles. The summed E-state index contributed by atoms with van der Waals surface area (Å²) in [5.74, 6) is 3.92. The molecule has 0 aromatic carbocycles. The smallest absolute Gasteiger partial charge is 0.276 e. The van der Waals surface area contributed by atoms with E-state index in [0.29, 0.717) is 24.7 Å². The number of piperidine rings is 1. The lowest BCUT2D eigenvalue weighted by Crippen LogP contribution is -2.49. The molecule has 2 saturated heterocycles. The summed E-state index contributed by atoms with van der Waals surface area (Å²) in [7, 11) is 0. The number of hydrogen-bond acceptors (Lipinski definition) is 7. The van der Waals surface area contributed by atoms with Crippen molar-refractivity contribution in [3.8, 4) is 0 Å². The lowest BCUT2D eigenvalue weighted by atomic mass is 9.99. The van der Waals surface area contributed by atoms with Crippen LogP contribution in [0.3, 0.4) is 0 Å². The van der Waals surface area contributed by atoms with Gasteiger partial charge in [-0.15, -0.1) is 10.2 Å². The molecule has 2 aromatic rings. The predicted octanol–water partition coefficient (Wildman–Crippen LogP) is 2.54. The maximum absolute atomic E-state index is 12.7. The summed E-state index contributed by atoms with van der Waals surface area (Å²) in [6.45, 7) is 7.21. The maximum atomic E-state index is 12.7. The van der Waals surface area contributed by atoms with Gasteiger partial charge in [-0.3, -0.25) is 4.79 Å². The summed E-state index contributed by atoms with van der Waals surface area (Å²) in [6, 6.07) is 5.94. The molecule has 0 radical (unpaired) electrons. The highest BCUT2D eigenvalue weighted by Gasteiger charge is 2.31. The molecule has 0 atom stereocenters. The van der Waals surface area contributed by atoms with E-state index in [9.17, 15) is 4.79 Å². The molecule has 2 aromatic heterocycles. The van der Waals surface area contributed by atoms with E-state index >= 15 is 0 Å². The summed E-state index contributed by atoms with van der Waals surface area (Å²) >= 11 is 0. The molecule has 0 N–H and O–H groups in total. The average molecular weight is 396 g/mol. The van der Waals surface area contributed by atoms with Crippen LogP contribution < -0.4 is 9.80 Å². The zero-order valence-electron chi connectivity index (χ0n) is 17.0. The number of hydrogen-bond donors (Lipinski definition) is 0. The molecule has 0 bridgehead atoms. The third kappa shape index (κ3) is 3.93. The van der Waals surface area contributed by atoms with Crippen molar-refractivity contribution in [1.82, 2.24) is 20.3 Å². The van der Waals surface area contributed by atoms with Crippen LogP contribution in [-0.4, -0.2) is 65.4 Å². The van der Waals surface area contributed by atoms with Gasteiger partial charge in [-0.2, -0.15) is 0 Å². The van der Waals surface area contributed by atoms with Crippen molar-refractivity contribution >= 4 is 17.5 Å². The van der Waals surface area contributed by atoms with Crippen LogP contribution in [-0.2, 0) is 0 Å². The first kappa shape index (κ1) is 18.4. The minimum absolute atomic E-state index is 0.0407. The SMILES string of the molecule is CC1CCN(c2ccc(N3CCN(C(=O)c4cc(C5CC5)on4)CC3)nn2)CC1. The van der Waals surface area contributed by atoms with Gasteiger partial charge >= 0.3 is 0 Å². The standard InChI is InChI=1S/C21H28N6O2/c1-15-6-8-25(9-7-15)19-4-5-20(23-22-19)26-10-12-27(13-11-26)21(28)17-14-18(29-24-17)16-2-3-16/h4-5,14-16H,2-3,6-13H2,1H3. The Hall–Kier alpha value is -2.64. The fraction of sp³-hybridized carbons (Fsp3) is 0.619. The molecular weight excluding hydrogens is 368 g/mol. The number of nitrogens with zero attached hydrogens (tertiary/aromatic N) is 6. The second kappa shape index (κ2) is 7.65. The number of carbonyl (C=O) groups is 1. The van der Waals surface area contributed by atoms with Gasteiger partial charge < -0.3 is 19.2 Å². The molecule has 1 aliphatic carbocycles. The van der Waals surface area contributed by atoms with E-state index in [0.717, 1.165) is 62.3 Å². The molecule has 8 heteroatoms. The highest BCUT2D eigenvalue weighted by molar-refractivity contribution is 5.92. The van der Waals surface area contributed by atoms with Crippen LogP contribution in [0.15, 0.2) is 22.7 Å². The first-order valence-corrected chi connectivity index (χ1v) is 10.8. The third-order valence-electron chi connectivity index (χ3n) is 6.36. The molecule has 29 heavy (non-hydrogen) atoms. The summed E-state index contributed by atoms with van der Waals surface area (Å²) in [5.41, 5.74) is 0.431. The molecule has 1 saturated carbocycles. The van der Waals surface area contributed by atoms with Gasteiger partial charge in [-0.25, -0.2) is 0 Å². The fourth-order valence-electron chi connectivity index (χ4n) is 4.14. The second-order valence-electron chi connectivity index (χ2n) is 8.59. The molecule has 3 fully saturated rings. The van der Waals surface area contributed by atoms with Gasteiger partial charge in [0.15, 0.2) is 17.3 Å². The van der Waals surface area contributed by atoms with E-state index < -0.39 is 0 Å². The van der Waals surface area contributed by atoms with Crippen molar-refractivity contribution < 1.29 is 9.32 Å². The Labute approximate surface area is 170 Å². The van der Waals surface area contributed by atoms with Crippen LogP contribution in [0.1, 0.15) is 54.8 Å². The molecule has 1 amide bonds. The van der Waals surface area contributed by atoms with Crippen LogP contribution in [0.25, 0.3) is 0 Å². The Bertz CT molecular complexity index is 846. The summed E-state index contributed by atoms with van der Waals surface area (Å²) in [6.07, 6.45) is 4.70. The summed E-state index contributed by atoms with van der Waals surface area (Å²) < 4.78 is 5.33. The van der Waals surface area contributed by atoms with Gasteiger partial charge in [0.2, 0.25) is 0 Å². The first-order chi connectivity index (χ1) is 14.2. The quantitative estimate of drug-likeness (QED) is 0.786. The molecule has 8 nitrogen and oxygen atoms in total. The Balaban J connectivity index is 1.16. The van der Waals surface area contributed by atoms with Crippen LogP contribution in [0.4, 0.5) is 11.6 Å². The maximum Gasteiger partial charge on any atom is 0.276 e. The second-order valence-corrected chi connectivity index (χ2v) is 8.59. The number of rotatable bonds is 4. The minimum atomic E-state index is -0.0407. The van der Waals surface area contributed by atoms with Crippen molar-refractivity contribution in [2.24, 2.45) is 5.92 Å². The largest absolute Gasteiger partial charge is 0.360 e. The molecule has 3 aliphatic rings. The highest BCUT2D eigenvalue weighted by Crippen LogP contribution is 2.40. The zero-order valence-corrected chi connectivity index (χ0v) is 17.0. The minimum Gasteiger partial charge on any atom is -0.360 e. The van der Waals surface area contributed by atoms with Gasteiger partial charge in [-0.1, -0.05) is 12.1 Å². The average Bonchev–Trinajstić information content (AvgIpc) is 3.51. The number of piperazine rings is 1. The Morgan fingerprint density at radius 1 is 0.931 bits per heavy atom. The molecular formula is C21H28N6O2. The van der Waals surface area contributed by atoms with Gasteiger partial charge in [-0.05, 0) is 43.7 Å². The van der Waals surface area contributed by atoms with E-state index in [1.54, 1.807) is 0 Å². The lowest BCUT2D eigenvalue weighted by Gasteiger charge is -2.35. The Morgan fingerprint density at radius 2 is 1.55 bits per heavy atom. The van der Waals surface area contributed by atoms with E-state index in [4.69, 9.17) is 4.52 Å². The number of anilines is 2. The van der Waals surface area contributed by atoms with Crippen molar-refractivity contribution in [2.45, 2.75) is 38.5 Å². The number of aromatic nitrogens is 3. The summed E-state index contributed by atoms with van der Waals surface area (Å²) in [5, 5.41) is 12.9. The van der Waals surface area contributed by atoms with Crippen LogP contribution in [0.5, 0.6) is 0 Å². The van der Waals surface area contributed by atoms with E-state index in [-0.39, 0.29) is 5.91 Å². The lowest BCUT2D eigenvalue weighted by molar-refractivity contribution is 0.0736.